The normalized spacial score (nSPS) is 10.8. The molecule has 0 spiro atoms. The maximum absolute atomic E-state index is 8.98. The fraction of sp³-hybridized carbons (Fsp3) is 0.562. The molecule has 0 saturated heterocycles. The van der Waals surface area contributed by atoms with E-state index in [4.69, 9.17) is 5.26 Å². The molecule has 0 atom stereocenters. The fourth-order valence-corrected chi connectivity index (χ4v) is 2.14. The molecular formula is C16H24N2. The minimum Gasteiger partial charge on any atom is -0.371 e. The summed E-state index contributed by atoms with van der Waals surface area (Å²) in [7, 11) is 0. The van der Waals surface area contributed by atoms with Crippen molar-refractivity contribution in [3.05, 3.63) is 29.3 Å². The van der Waals surface area contributed by atoms with E-state index in [0.29, 0.717) is 11.8 Å². The van der Waals surface area contributed by atoms with Crippen LogP contribution in [0.15, 0.2) is 18.2 Å². The van der Waals surface area contributed by atoms with E-state index in [1.54, 1.807) is 0 Å². The van der Waals surface area contributed by atoms with Crippen LogP contribution in [0.5, 0.6) is 0 Å². The first-order valence-electron chi connectivity index (χ1n) is 6.69. The molecule has 18 heavy (non-hydrogen) atoms. The Morgan fingerprint density at radius 1 is 1.11 bits per heavy atom. The lowest BCUT2D eigenvalue weighted by Gasteiger charge is -2.29. The Balaban J connectivity index is 2.98. The van der Waals surface area contributed by atoms with Crippen LogP contribution in [0.2, 0.25) is 0 Å². The van der Waals surface area contributed by atoms with Crippen LogP contribution in [0.3, 0.4) is 0 Å². The van der Waals surface area contributed by atoms with E-state index in [0.717, 1.165) is 24.2 Å². The second-order valence-corrected chi connectivity index (χ2v) is 5.80. The molecule has 1 aromatic carbocycles. The van der Waals surface area contributed by atoms with Crippen molar-refractivity contribution in [2.75, 3.05) is 18.0 Å². The molecule has 0 bridgehead atoms. The molecule has 0 radical (unpaired) electrons. The summed E-state index contributed by atoms with van der Waals surface area (Å²) in [4.78, 5) is 2.42. The third-order valence-corrected chi connectivity index (χ3v) is 2.87. The lowest BCUT2D eigenvalue weighted by atomic mass is 10.1. The molecule has 0 aliphatic carbocycles. The molecule has 1 rings (SSSR count). The number of nitriles is 1. The molecule has 0 saturated carbocycles. The summed E-state index contributed by atoms with van der Waals surface area (Å²) in [6.07, 6.45) is 0. The van der Waals surface area contributed by atoms with Crippen LogP contribution in [0.4, 0.5) is 5.69 Å². The Hall–Kier alpha value is -1.49. The summed E-state index contributed by atoms with van der Waals surface area (Å²) in [6.45, 7) is 13.1. The summed E-state index contributed by atoms with van der Waals surface area (Å²) in [5.41, 5.74) is 3.06. The second kappa shape index (κ2) is 6.44. The van der Waals surface area contributed by atoms with Gasteiger partial charge in [-0.3, -0.25) is 0 Å². The molecule has 0 N–H and O–H groups in total. The van der Waals surface area contributed by atoms with Gasteiger partial charge in [-0.25, -0.2) is 0 Å². The van der Waals surface area contributed by atoms with Gasteiger partial charge in [-0.1, -0.05) is 27.7 Å². The topological polar surface area (TPSA) is 27.0 Å². The van der Waals surface area contributed by atoms with Crippen LogP contribution in [0.1, 0.15) is 38.8 Å². The molecule has 0 aliphatic heterocycles. The maximum Gasteiger partial charge on any atom is 0.0994 e. The number of rotatable bonds is 5. The third kappa shape index (κ3) is 4.07. The smallest absolute Gasteiger partial charge is 0.0994 e. The van der Waals surface area contributed by atoms with E-state index >= 15 is 0 Å². The molecule has 1 aromatic rings. The summed E-state index contributed by atoms with van der Waals surface area (Å²) in [5, 5.41) is 8.98. The zero-order chi connectivity index (χ0) is 13.7. The van der Waals surface area contributed by atoms with E-state index in [1.807, 2.05) is 13.0 Å². The first kappa shape index (κ1) is 14.6. The minimum absolute atomic E-state index is 0.639. The quantitative estimate of drug-likeness (QED) is 0.783. The molecule has 2 heteroatoms. The molecule has 0 aliphatic rings. The van der Waals surface area contributed by atoms with Gasteiger partial charge in [-0.2, -0.15) is 5.26 Å². The maximum atomic E-state index is 8.98. The van der Waals surface area contributed by atoms with Gasteiger partial charge in [0.05, 0.1) is 11.6 Å². The zero-order valence-electron chi connectivity index (χ0n) is 12.2. The van der Waals surface area contributed by atoms with Gasteiger partial charge in [0.2, 0.25) is 0 Å². The van der Waals surface area contributed by atoms with Gasteiger partial charge in [-0.05, 0) is 42.5 Å². The predicted octanol–water partition coefficient (Wildman–Crippen LogP) is 3.99. The van der Waals surface area contributed by atoms with Crippen LogP contribution in [-0.4, -0.2) is 13.1 Å². The summed E-state index contributed by atoms with van der Waals surface area (Å²) in [5.74, 6) is 1.28. The van der Waals surface area contributed by atoms with Gasteiger partial charge in [0.15, 0.2) is 0 Å². The Kier molecular flexibility index (Phi) is 5.22. The van der Waals surface area contributed by atoms with Crippen molar-refractivity contribution in [1.29, 1.82) is 5.26 Å². The Morgan fingerprint density at radius 3 is 2.06 bits per heavy atom. The van der Waals surface area contributed by atoms with Crippen molar-refractivity contribution in [2.24, 2.45) is 11.8 Å². The molecule has 0 aromatic heterocycles. The third-order valence-electron chi connectivity index (χ3n) is 2.87. The fourth-order valence-electron chi connectivity index (χ4n) is 2.14. The first-order chi connectivity index (χ1) is 8.43. The molecule has 0 unspecified atom stereocenters. The van der Waals surface area contributed by atoms with Gasteiger partial charge >= 0.3 is 0 Å². The van der Waals surface area contributed by atoms with Crippen molar-refractivity contribution < 1.29 is 0 Å². The van der Waals surface area contributed by atoms with Gasteiger partial charge < -0.3 is 4.90 Å². The lowest BCUT2D eigenvalue weighted by Crippen LogP contribution is -2.31. The zero-order valence-corrected chi connectivity index (χ0v) is 12.2. The second-order valence-electron chi connectivity index (χ2n) is 5.80. The van der Waals surface area contributed by atoms with Crippen LogP contribution >= 0.6 is 0 Å². The largest absolute Gasteiger partial charge is 0.371 e. The van der Waals surface area contributed by atoms with Crippen LogP contribution in [0, 0.1) is 30.1 Å². The number of anilines is 1. The number of nitrogens with zero attached hydrogens (tertiary/aromatic N) is 2. The summed E-state index contributed by atoms with van der Waals surface area (Å²) in [6, 6.07) is 8.35. The molecular weight excluding hydrogens is 220 g/mol. The average molecular weight is 244 g/mol. The summed E-state index contributed by atoms with van der Waals surface area (Å²) >= 11 is 0. The number of aryl methyl sites for hydroxylation is 1. The van der Waals surface area contributed by atoms with Crippen molar-refractivity contribution in [3.8, 4) is 6.07 Å². The minimum atomic E-state index is 0.639. The van der Waals surface area contributed by atoms with E-state index in [9.17, 15) is 0 Å². The van der Waals surface area contributed by atoms with E-state index < -0.39 is 0 Å². The Labute approximate surface area is 111 Å². The first-order valence-corrected chi connectivity index (χ1v) is 6.69. The average Bonchev–Trinajstić information content (AvgIpc) is 2.26. The van der Waals surface area contributed by atoms with Gasteiger partial charge in [-0.15, -0.1) is 0 Å². The van der Waals surface area contributed by atoms with E-state index in [1.165, 1.54) is 5.69 Å². The van der Waals surface area contributed by atoms with Gasteiger partial charge in [0.1, 0.15) is 0 Å². The van der Waals surface area contributed by atoms with Crippen LogP contribution in [-0.2, 0) is 0 Å². The number of benzene rings is 1. The molecule has 0 amide bonds. The highest BCUT2D eigenvalue weighted by Crippen LogP contribution is 2.21. The van der Waals surface area contributed by atoms with E-state index in [-0.39, 0.29) is 0 Å². The van der Waals surface area contributed by atoms with Gasteiger partial charge in [0, 0.05) is 18.8 Å². The highest BCUT2D eigenvalue weighted by atomic mass is 15.1. The van der Waals surface area contributed by atoms with Crippen molar-refractivity contribution in [3.63, 3.8) is 0 Å². The Morgan fingerprint density at radius 2 is 1.67 bits per heavy atom. The molecule has 2 nitrogen and oxygen atoms in total. The van der Waals surface area contributed by atoms with Crippen LogP contribution < -0.4 is 4.90 Å². The SMILES string of the molecule is Cc1cc(N(CC(C)C)CC(C)C)ccc1C#N. The number of hydrogen-bond donors (Lipinski definition) is 0. The lowest BCUT2D eigenvalue weighted by molar-refractivity contribution is 0.552. The Bertz CT molecular complexity index is 417. The highest BCUT2D eigenvalue weighted by Gasteiger charge is 2.11. The standard InChI is InChI=1S/C16H24N2/c1-12(2)10-18(11-13(3)4)16-7-6-15(9-17)14(5)8-16/h6-8,12-13H,10-11H2,1-5H3. The monoisotopic (exact) mass is 244 g/mol. The van der Waals surface area contributed by atoms with Crippen molar-refractivity contribution >= 4 is 5.69 Å². The molecule has 0 fully saturated rings. The van der Waals surface area contributed by atoms with Crippen molar-refractivity contribution in [2.45, 2.75) is 34.6 Å². The summed E-state index contributed by atoms with van der Waals surface area (Å²) < 4.78 is 0. The molecule has 0 heterocycles. The predicted molar refractivity (Wildman–Crippen MR) is 77.8 cm³/mol. The highest BCUT2D eigenvalue weighted by molar-refractivity contribution is 5.53. The van der Waals surface area contributed by atoms with Gasteiger partial charge in [0.25, 0.3) is 0 Å². The molecule has 98 valence electrons. The van der Waals surface area contributed by atoms with Crippen LogP contribution in [0.25, 0.3) is 0 Å². The van der Waals surface area contributed by atoms with Crippen molar-refractivity contribution in [1.82, 2.24) is 0 Å². The number of hydrogen-bond acceptors (Lipinski definition) is 2. The van der Waals surface area contributed by atoms with E-state index in [2.05, 4.69) is 50.8 Å².